The van der Waals surface area contributed by atoms with E-state index in [9.17, 15) is 13.2 Å². The van der Waals surface area contributed by atoms with Gasteiger partial charge in [0.05, 0.1) is 18.7 Å². The molecule has 23 heavy (non-hydrogen) atoms. The zero-order valence-electron chi connectivity index (χ0n) is 12.8. The van der Waals surface area contributed by atoms with Crippen molar-refractivity contribution in [1.82, 2.24) is 24.2 Å². The first-order valence-electron chi connectivity index (χ1n) is 7.46. The number of hydrogen-bond acceptors (Lipinski definition) is 5. The molecule has 1 fully saturated rings. The molecule has 1 aliphatic rings. The van der Waals surface area contributed by atoms with Gasteiger partial charge in [-0.05, 0) is 25.0 Å². The smallest absolute Gasteiger partial charge is 0.224 e. The molecule has 0 aliphatic carbocycles. The van der Waals surface area contributed by atoms with Gasteiger partial charge in [-0.1, -0.05) is 6.07 Å². The van der Waals surface area contributed by atoms with Crippen LogP contribution in [0.15, 0.2) is 24.4 Å². The molecule has 0 spiro atoms. The Kier molecular flexibility index (Phi) is 4.31. The molecule has 124 valence electrons. The second-order valence-corrected chi connectivity index (χ2v) is 7.71. The molecule has 2 aromatic heterocycles. The highest BCUT2D eigenvalue weighted by molar-refractivity contribution is 7.88. The number of fused-ring (bicyclic) bond motifs is 1. The second-order valence-electron chi connectivity index (χ2n) is 5.72. The first-order valence-corrected chi connectivity index (χ1v) is 9.31. The fourth-order valence-electron chi connectivity index (χ4n) is 2.78. The highest BCUT2D eigenvalue weighted by Crippen LogP contribution is 2.18. The molecule has 0 radical (unpaired) electrons. The Hall–Kier alpha value is -2.00. The van der Waals surface area contributed by atoms with E-state index in [0.717, 1.165) is 5.65 Å². The summed E-state index contributed by atoms with van der Waals surface area (Å²) in [6.07, 6.45) is 4.40. The van der Waals surface area contributed by atoms with Gasteiger partial charge >= 0.3 is 0 Å². The van der Waals surface area contributed by atoms with Gasteiger partial charge in [0.25, 0.3) is 0 Å². The zero-order valence-corrected chi connectivity index (χ0v) is 13.7. The van der Waals surface area contributed by atoms with E-state index in [-0.39, 0.29) is 24.9 Å². The van der Waals surface area contributed by atoms with E-state index in [1.54, 1.807) is 0 Å². The average molecular weight is 337 g/mol. The number of amides is 1. The van der Waals surface area contributed by atoms with Crippen molar-refractivity contribution < 1.29 is 13.2 Å². The lowest BCUT2D eigenvalue weighted by Crippen LogP contribution is -2.45. The van der Waals surface area contributed by atoms with E-state index >= 15 is 0 Å². The van der Waals surface area contributed by atoms with E-state index < -0.39 is 10.0 Å². The highest BCUT2D eigenvalue weighted by atomic mass is 32.2. The van der Waals surface area contributed by atoms with Gasteiger partial charge in [-0.15, -0.1) is 10.2 Å². The maximum atomic E-state index is 12.3. The van der Waals surface area contributed by atoms with Crippen molar-refractivity contribution in [3.05, 3.63) is 30.2 Å². The van der Waals surface area contributed by atoms with Crippen LogP contribution in [-0.2, 0) is 21.4 Å². The Balaban J connectivity index is 1.63. The maximum absolute atomic E-state index is 12.3. The molecule has 1 amide bonds. The molecule has 1 atom stereocenters. The van der Waals surface area contributed by atoms with Crippen LogP contribution >= 0.6 is 0 Å². The quantitative estimate of drug-likeness (QED) is 0.848. The van der Waals surface area contributed by atoms with Crippen molar-refractivity contribution in [3.8, 4) is 0 Å². The first-order chi connectivity index (χ1) is 10.9. The van der Waals surface area contributed by atoms with Gasteiger partial charge in [0, 0.05) is 19.3 Å². The molecule has 1 N–H and O–H groups in total. The van der Waals surface area contributed by atoms with E-state index in [2.05, 4.69) is 15.5 Å². The van der Waals surface area contributed by atoms with Crippen LogP contribution in [0.1, 0.15) is 18.7 Å². The zero-order chi connectivity index (χ0) is 16.4. The first kappa shape index (κ1) is 15.9. The summed E-state index contributed by atoms with van der Waals surface area (Å²) in [4.78, 5) is 12.3. The normalized spacial score (nSPS) is 19.8. The van der Waals surface area contributed by atoms with Crippen LogP contribution in [0.2, 0.25) is 0 Å². The number of sulfonamides is 1. The van der Waals surface area contributed by atoms with Crippen molar-refractivity contribution in [2.45, 2.75) is 19.4 Å². The number of carbonyl (C=O) groups is 1. The van der Waals surface area contributed by atoms with Gasteiger partial charge in [-0.2, -0.15) is 0 Å². The van der Waals surface area contributed by atoms with E-state index in [1.165, 1.54) is 10.6 Å². The molecule has 3 rings (SSSR count). The summed E-state index contributed by atoms with van der Waals surface area (Å²) >= 11 is 0. The maximum Gasteiger partial charge on any atom is 0.224 e. The van der Waals surface area contributed by atoms with Crippen molar-refractivity contribution in [1.29, 1.82) is 0 Å². The third-order valence-electron chi connectivity index (χ3n) is 4.03. The predicted molar refractivity (Wildman–Crippen MR) is 84.0 cm³/mol. The molecule has 2 aromatic rings. The number of rotatable bonds is 4. The van der Waals surface area contributed by atoms with Crippen LogP contribution in [0.4, 0.5) is 0 Å². The minimum Gasteiger partial charge on any atom is -0.349 e. The number of nitrogens with zero attached hydrogens (tertiary/aromatic N) is 4. The number of nitrogens with one attached hydrogen (secondary N) is 1. The number of carbonyl (C=O) groups excluding carboxylic acids is 1. The molecule has 1 aliphatic heterocycles. The summed E-state index contributed by atoms with van der Waals surface area (Å²) in [5.41, 5.74) is 0.720. The summed E-state index contributed by atoms with van der Waals surface area (Å²) < 4.78 is 26.4. The van der Waals surface area contributed by atoms with Crippen molar-refractivity contribution in [3.63, 3.8) is 0 Å². The lowest BCUT2D eigenvalue weighted by Gasteiger charge is -2.30. The van der Waals surface area contributed by atoms with Crippen LogP contribution in [-0.4, -0.2) is 52.6 Å². The van der Waals surface area contributed by atoms with Crippen molar-refractivity contribution >= 4 is 21.6 Å². The number of aromatic nitrogens is 3. The summed E-state index contributed by atoms with van der Waals surface area (Å²) in [5.74, 6) is 0.174. The van der Waals surface area contributed by atoms with Crippen LogP contribution in [0, 0.1) is 5.92 Å². The van der Waals surface area contributed by atoms with Gasteiger partial charge in [0.1, 0.15) is 0 Å². The van der Waals surface area contributed by atoms with Gasteiger partial charge in [-0.3, -0.25) is 9.20 Å². The summed E-state index contributed by atoms with van der Waals surface area (Å²) in [7, 11) is -3.25. The molecule has 9 heteroatoms. The Morgan fingerprint density at radius 3 is 3.00 bits per heavy atom. The Morgan fingerprint density at radius 2 is 2.22 bits per heavy atom. The minimum atomic E-state index is -3.25. The van der Waals surface area contributed by atoms with E-state index in [1.807, 2.05) is 28.8 Å². The van der Waals surface area contributed by atoms with Crippen LogP contribution in [0.25, 0.3) is 5.65 Å². The van der Waals surface area contributed by atoms with Gasteiger partial charge in [0.2, 0.25) is 15.9 Å². The van der Waals surface area contributed by atoms with Crippen LogP contribution in [0.5, 0.6) is 0 Å². The number of hydrogen-bond donors (Lipinski definition) is 1. The van der Waals surface area contributed by atoms with Crippen molar-refractivity contribution in [2.75, 3.05) is 19.3 Å². The Morgan fingerprint density at radius 1 is 1.39 bits per heavy atom. The number of pyridine rings is 1. The fourth-order valence-corrected chi connectivity index (χ4v) is 3.69. The third kappa shape index (κ3) is 3.50. The lowest BCUT2D eigenvalue weighted by atomic mass is 9.99. The van der Waals surface area contributed by atoms with E-state index in [4.69, 9.17) is 0 Å². The number of piperidine rings is 1. The monoisotopic (exact) mass is 337 g/mol. The SMILES string of the molecule is CS(=O)(=O)N1CCCC(C(=O)NCc2nnc3ccccn23)C1. The minimum absolute atomic E-state index is 0.147. The molecule has 0 saturated carbocycles. The Labute approximate surface area is 134 Å². The van der Waals surface area contributed by atoms with Gasteiger partial charge < -0.3 is 5.32 Å². The fraction of sp³-hybridized carbons (Fsp3) is 0.500. The highest BCUT2D eigenvalue weighted by Gasteiger charge is 2.30. The molecule has 0 bridgehead atoms. The second kappa shape index (κ2) is 6.25. The summed E-state index contributed by atoms with van der Waals surface area (Å²) in [6, 6.07) is 5.57. The Bertz CT molecular complexity index is 817. The molecule has 8 nitrogen and oxygen atoms in total. The molecule has 1 saturated heterocycles. The van der Waals surface area contributed by atoms with Gasteiger partial charge in [-0.25, -0.2) is 12.7 Å². The van der Waals surface area contributed by atoms with Crippen molar-refractivity contribution in [2.24, 2.45) is 5.92 Å². The summed E-state index contributed by atoms with van der Waals surface area (Å²) in [5, 5.41) is 10.9. The molecular weight excluding hydrogens is 318 g/mol. The van der Waals surface area contributed by atoms with Crippen LogP contribution < -0.4 is 5.32 Å². The van der Waals surface area contributed by atoms with Gasteiger partial charge in [0.15, 0.2) is 11.5 Å². The molecule has 0 aromatic carbocycles. The van der Waals surface area contributed by atoms with E-state index in [0.29, 0.717) is 25.2 Å². The molecule has 1 unspecified atom stereocenters. The summed E-state index contributed by atoms with van der Waals surface area (Å²) in [6.45, 7) is 0.988. The standard InChI is InChI=1S/C14H19N5O3S/c1-23(21,22)18-7-4-5-11(10-18)14(20)15-9-13-17-16-12-6-2-3-8-19(12)13/h2-3,6,8,11H,4-5,7,9-10H2,1H3,(H,15,20). The lowest BCUT2D eigenvalue weighted by molar-refractivity contribution is -0.126. The average Bonchev–Trinajstić information content (AvgIpc) is 2.95. The van der Waals surface area contributed by atoms with Crippen LogP contribution in [0.3, 0.4) is 0 Å². The topological polar surface area (TPSA) is 96.7 Å². The predicted octanol–water partition coefficient (Wildman–Crippen LogP) is 0.0171. The third-order valence-corrected chi connectivity index (χ3v) is 5.30. The molecular formula is C14H19N5O3S. The largest absolute Gasteiger partial charge is 0.349 e. The molecule has 3 heterocycles.